The number of ether oxygens (including phenoxy) is 1. The first-order chi connectivity index (χ1) is 13.4. The molecule has 1 aliphatic carbocycles. The van der Waals surface area contributed by atoms with Crippen molar-refractivity contribution in [2.75, 3.05) is 23.9 Å². The molecule has 1 fully saturated rings. The first-order valence-electron chi connectivity index (χ1n) is 9.18. The maximum atomic E-state index is 13.0. The van der Waals surface area contributed by atoms with Gasteiger partial charge in [0.2, 0.25) is 0 Å². The maximum absolute atomic E-state index is 13.0. The Balaban J connectivity index is 1.61. The van der Waals surface area contributed by atoms with E-state index in [1.165, 1.54) is 7.11 Å². The second-order valence-electron chi connectivity index (χ2n) is 7.15. The molecule has 28 heavy (non-hydrogen) atoms. The third kappa shape index (κ3) is 3.42. The van der Waals surface area contributed by atoms with E-state index in [2.05, 4.69) is 15.2 Å². The average molecular weight is 403 g/mol. The van der Waals surface area contributed by atoms with Crippen LogP contribution in [0.25, 0.3) is 0 Å². The normalized spacial score (nSPS) is 20.0. The number of aromatic nitrogens is 2. The van der Waals surface area contributed by atoms with Crippen LogP contribution in [0, 0.1) is 0 Å². The van der Waals surface area contributed by atoms with Crippen LogP contribution in [-0.2, 0) is 27.4 Å². The van der Waals surface area contributed by atoms with Crippen LogP contribution in [0.4, 0.5) is 5.69 Å². The third-order valence-corrected chi connectivity index (χ3v) is 7.02. The predicted octanol–water partition coefficient (Wildman–Crippen LogP) is 1.77. The zero-order valence-corrected chi connectivity index (χ0v) is 16.3. The molecule has 2 aromatic rings. The number of amides is 1. The molecule has 2 heterocycles. The van der Waals surface area contributed by atoms with E-state index in [9.17, 15) is 18.0 Å². The minimum absolute atomic E-state index is 0.0155. The Bertz CT molecular complexity index is 1040. The first-order valence-corrected chi connectivity index (χ1v) is 11.0. The molecule has 9 heteroatoms. The van der Waals surface area contributed by atoms with Crippen LogP contribution < -0.4 is 5.32 Å². The highest BCUT2D eigenvalue weighted by atomic mass is 32.2. The summed E-state index contributed by atoms with van der Waals surface area (Å²) in [7, 11) is -1.78. The predicted molar refractivity (Wildman–Crippen MR) is 102 cm³/mol. The highest BCUT2D eigenvalue weighted by molar-refractivity contribution is 7.91. The summed E-state index contributed by atoms with van der Waals surface area (Å²) in [5, 5.41) is 7.42. The molecule has 1 N–H and O–H groups in total. The summed E-state index contributed by atoms with van der Waals surface area (Å²) in [4.78, 5) is 24.6. The lowest BCUT2D eigenvalue weighted by atomic mass is 10.1. The summed E-state index contributed by atoms with van der Waals surface area (Å²) in [6, 6.07) is 6.11. The van der Waals surface area contributed by atoms with Gasteiger partial charge in [-0.2, -0.15) is 5.10 Å². The fourth-order valence-corrected chi connectivity index (χ4v) is 5.57. The number of sulfone groups is 1. The standard InChI is InChI=1S/C19H21N3O5S/c1-27-19(24)12-5-7-13(8-6-12)20-18(23)17-15-3-2-4-16(15)21-22(17)14-9-10-28(25,26)11-14/h5-8,14H,2-4,9-11H2,1H3,(H,20,23)/t14-/m1/s1. The number of hydrogen-bond acceptors (Lipinski definition) is 6. The molecule has 148 valence electrons. The van der Waals surface area contributed by atoms with E-state index in [0.29, 0.717) is 23.4 Å². The highest BCUT2D eigenvalue weighted by Gasteiger charge is 2.35. The van der Waals surface area contributed by atoms with Crippen molar-refractivity contribution in [1.29, 1.82) is 0 Å². The van der Waals surface area contributed by atoms with Gasteiger partial charge in [0.1, 0.15) is 5.69 Å². The molecule has 0 spiro atoms. The highest BCUT2D eigenvalue weighted by Crippen LogP contribution is 2.31. The van der Waals surface area contributed by atoms with Crippen molar-refractivity contribution in [1.82, 2.24) is 9.78 Å². The van der Waals surface area contributed by atoms with Gasteiger partial charge < -0.3 is 10.1 Å². The molecule has 2 aliphatic rings. The van der Waals surface area contributed by atoms with E-state index in [0.717, 1.165) is 30.5 Å². The Morgan fingerprint density at radius 1 is 1.21 bits per heavy atom. The number of aryl methyl sites for hydroxylation is 1. The summed E-state index contributed by atoms with van der Waals surface area (Å²) in [6.45, 7) is 0. The van der Waals surface area contributed by atoms with Gasteiger partial charge in [0, 0.05) is 11.3 Å². The van der Waals surface area contributed by atoms with Gasteiger partial charge in [-0.05, 0) is 49.9 Å². The number of esters is 1. The largest absolute Gasteiger partial charge is 0.465 e. The molecule has 0 saturated carbocycles. The lowest BCUT2D eigenvalue weighted by Crippen LogP contribution is -2.23. The maximum Gasteiger partial charge on any atom is 0.337 e. The number of carbonyl (C=O) groups excluding carboxylic acids is 2. The van der Waals surface area contributed by atoms with Crippen molar-refractivity contribution >= 4 is 27.4 Å². The molecular weight excluding hydrogens is 382 g/mol. The number of carbonyl (C=O) groups is 2. The molecular formula is C19H21N3O5S. The van der Waals surface area contributed by atoms with Crippen LogP contribution in [0.5, 0.6) is 0 Å². The van der Waals surface area contributed by atoms with Crippen LogP contribution in [0.1, 0.15) is 51.0 Å². The van der Waals surface area contributed by atoms with Gasteiger partial charge in [0.05, 0.1) is 35.9 Å². The van der Waals surface area contributed by atoms with Crippen LogP contribution >= 0.6 is 0 Å². The monoisotopic (exact) mass is 403 g/mol. The molecule has 1 amide bonds. The lowest BCUT2D eigenvalue weighted by Gasteiger charge is -2.15. The quantitative estimate of drug-likeness (QED) is 0.780. The summed E-state index contributed by atoms with van der Waals surface area (Å²) < 4.78 is 30.1. The minimum Gasteiger partial charge on any atom is -0.465 e. The van der Waals surface area contributed by atoms with Crippen molar-refractivity contribution in [2.45, 2.75) is 31.7 Å². The summed E-state index contributed by atoms with van der Waals surface area (Å²) in [5.74, 6) is -0.623. The van der Waals surface area contributed by atoms with Crippen molar-refractivity contribution in [3.05, 3.63) is 46.8 Å². The second-order valence-corrected chi connectivity index (χ2v) is 9.38. The molecule has 1 saturated heterocycles. The number of rotatable bonds is 4. The Hall–Kier alpha value is -2.68. The number of methoxy groups -OCH3 is 1. The SMILES string of the molecule is COC(=O)c1ccc(NC(=O)c2c3c(nn2[C@@H]2CCS(=O)(=O)C2)CCC3)cc1. The second kappa shape index (κ2) is 7.05. The Labute approximate surface area is 162 Å². The van der Waals surface area contributed by atoms with Gasteiger partial charge in [-0.15, -0.1) is 0 Å². The number of anilines is 1. The summed E-state index contributed by atoms with van der Waals surface area (Å²) in [6.07, 6.45) is 2.97. The van der Waals surface area contributed by atoms with E-state index in [1.807, 2.05) is 0 Å². The van der Waals surface area contributed by atoms with Crippen LogP contribution in [0.15, 0.2) is 24.3 Å². The van der Waals surface area contributed by atoms with Crippen LogP contribution in [0.2, 0.25) is 0 Å². The number of fused-ring (bicyclic) bond motifs is 1. The molecule has 0 bridgehead atoms. The van der Waals surface area contributed by atoms with Crippen molar-refractivity contribution in [3.8, 4) is 0 Å². The lowest BCUT2D eigenvalue weighted by molar-refractivity contribution is 0.0600. The number of benzene rings is 1. The topological polar surface area (TPSA) is 107 Å². The van der Waals surface area contributed by atoms with E-state index in [-0.39, 0.29) is 23.5 Å². The summed E-state index contributed by atoms with van der Waals surface area (Å²) >= 11 is 0. The molecule has 0 unspecified atom stereocenters. The molecule has 4 rings (SSSR count). The van der Waals surface area contributed by atoms with Crippen molar-refractivity contribution in [3.63, 3.8) is 0 Å². The van der Waals surface area contributed by atoms with Gasteiger partial charge in [0.15, 0.2) is 9.84 Å². The van der Waals surface area contributed by atoms with Gasteiger partial charge in [-0.3, -0.25) is 9.48 Å². The van der Waals surface area contributed by atoms with E-state index in [1.54, 1.807) is 28.9 Å². The molecule has 8 nitrogen and oxygen atoms in total. The molecule has 1 aliphatic heterocycles. The fraction of sp³-hybridized carbons (Fsp3) is 0.421. The van der Waals surface area contributed by atoms with Gasteiger partial charge in [0.25, 0.3) is 5.91 Å². The van der Waals surface area contributed by atoms with E-state index >= 15 is 0 Å². The summed E-state index contributed by atoms with van der Waals surface area (Å²) in [5.41, 5.74) is 3.17. The number of nitrogens with zero attached hydrogens (tertiary/aromatic N) is 2. The van der Waals surface area contributed by atoms with E-state index in [4.69, 9.17) is 0 Å². The van der Waals surface area contributed by atoms with E-state index < -0.39 is 15.8 Å². The Morgan fingerprint density at radius 3 is 2.61 bits per heavy atom. The van der Waals surface area contributed by atoms with Crippen molar-refractivity contribution in [2.24, 2.45) is 0 Å². The first kappa shape index (κ1) is 18.7. The Kier molecular flexibility index (Phi) is 4.70. The molecule has 0 radical (unpaired) electrons. The molecule has 1 aromatic heterocycles. The van der Waals surface area contributed by atoms with Gasteiger partial charge >= 0.3 is 5.97 Å². The third-order valence-electron chi connectivity index (χ3n) is 5.27. The van der Waals surface area contributed by atoms with Crippen LogP contribution in [-0.4, -0.2) is 48.7 Å². The zero-order valence-electron chi connectivity index (χ0n) is 15.5. The smallest absolute Gasteiger partial charge is 0.337 e. The number of hydrogen-bond donors (Lipinski definition) is 1. The van der Waals surface area contributed by atoms with Crippen molar-refractivity contribution < 1.29 is 22.7 Å². The minimum atomic E-state index is -3.09. The average Bonchev–Trinajstić information content (AvgIpc) is 3.35. The van der Waals surface area contributed by atoms with Gasteiger partial charge in [-0.25, -0.2) is 13.2 Å². The fourth-order valence-electron chi connectivity index (χ4n) is 3.88. The Morgan fingerprint density at radius 2 is 1.96 bits per heavy atom. The van der Waals surface area contributed by atoms with Crippen LogP contribution in [0.3, 0.4) is 0 Å². The zero-order chi connectivity index (χ0) is 19.9. The molecule has 1 atom stereocenters. The molecule has 1 aromatic carbocycles. The van der Waals surface area contributed by atoms with Gasteiger partial charge in [-0.1, -0.05) is 0 Å². The number of nitrogens with one attached hydrogen (secondary N) is 1.